The van der Waals surface area contributed by atoms with Crippen LogP contribution in [0.1, 0.15) is 18.9 Å². The zero-order chi connectivity index (χ0) is 19.8. The summed E-state index contributed by atoms with van der Waals surface area (Å²) in [6.45, 7) is 1.18. The van der Waals surface area contributed by atoms with Crippen molar-refractivity contribution >= 4 is 36.2 Å². The number of benzene rings is 1. The molecule has 0 radical (unpaired) electrons. The van der Waals surface area contributed by atoms with Gasteiger partial charge in [-0.1, -0.05) is 19.1 Å². The van der Waals surface area contributed by atoms with Gasteiger partial charge in [0.15, 0.2) is 0 Å². The fraction of sp³-hybridized carbons (Fsp3) is 0.294. The first-order chi connectivity index (χ1) is 12.9. The van der Waals surface area contributed by atoms with Gasteiger partial charge >= 0.3 is 7.32 Å². The molecule has 144 valence electrons. The smallest absolute Gasteiger partial charge is 0.402 e. The predicted octanol–water partition coefficient (Wildman–Crippen LogP) is 1.30. The molecular formula is C17H20BFN2O5S. The number of anilines is 1. The molecule has 0 saturated heterocycles. The second kappa shape index (κ2) is 10.2. The van der Waals surface area contributed by atoms with Crippen LogP contribution in [0.15, 0.2) is 41.1 Å². The fourth-order valence-corrected chi connectivity index (χ4v) is 3.12. The molecule has 10 heteroatoms. The van der Waals surface area contributed by atoms with Crippen molar-refractivity contribution in [2.24, 2.45) is 0 Å². The number of rotatable bonds is 9. The Hall–Kier alpha value is -2.27. The van der Waals surface area contributed by atoms with Crippen molar-refractivity contribution in [1.82, 2.24) is 5.32 Å². The topological polar surface area (TPSA) is 99.1 Å². The molecule has 1 aromatic carbocycles. The number of para-hydroxylation sites is 1. The van der Waals surface area contributed by atoms with Crippen LogP contribution in [-0.4, -0.2) is 42.0 Å². The van der Waals surface area contributed by atoms with E-state index in [1.165, 1.54) is 29.5 Å². The zero-order valence-electron chi connectivity index (χ0n) is 14.7. The Morgan fingerprint density at radius 3 is 2.67 bits per heavy atom. The monoisotopic (exact) mass is 394 g/mol. The first kappa shape index (κ1) is 21.0. The Bertz CT molecular complexity index is 760. The molecule has 0 fully saturated rings. The molecule has 0 bridgehead atoms. The van der Waals surface area contributed by atoms with Crippen LogP contribution in [0, 0.1) is 5.82 Å². The number of halogens is 1. The van der Waals surface area contributed by atoms with Gasteiger partial charge in [0.1, 0.15) is 18.6 Å². The van der Waals surface area contributed by atoms with Gasteiger partial charge in [-0.25, -0.2) is 4.39 Å². The van der Waals surface area contributed by atoms with Crippen molar-refractivity contribution in [3.05, 3.63) is 52.5 Å². The molecule has 7 nitrogen and oxygen atoms in total. The molecule has 2 rings (SSSR count). The van der Waals surface area contributed by atoms with E-state index in [0.29, 0.717) is 0 Å². The van der Waals surface area contributed by atoms with Crippen LogP contribution in [0.25, 0.3) is 0 Å². The average Bonchev–Trinajstić information content (AvgIpc) is 3.12. The van der Waals surface area contributed by atoms with E-state index in [4.69, 9.17) is 14.7 Å². The third kappa shape index (κ3) is 6.44. The van der Waals surface area contributed by atoms with Gasteiger partial charge in [0, 0.05) is 12.8 Å². The third-order valence-electron chi connectivity index (χ3n) is 3.66. The lowest BCUT2D eigenvalue weighted by Gasteiger charge is -2.24. The Morgan fingerprint density at radius 1 is 1.33 bits per heavy atom. The van der Waals surface area contributed by atoms with Crippen molar-refractivity contribution < 1.29 is 28.7 Å². The third-order valence-corrected chi connectivity index (χ3v) is 4.39. The van der Waals surface area contributed by atoms with Gasteiger partial charge in [0.05, 0.1) is 5.69 Å². The van der Waals surface area contributed by atoms with Gasteiger partial charge < -0.3 is 24.9 Å². The number of hydrogen-bond donors (Lipinski definition) is 3. The standard InChI is InChI=1S/C17H20BFN2O5S/c1-2-17(23)21(14-6-4-3-5-13(14)19)10-15(22)20-16(26-18(24)25)9-12-7-8-27-11-12/h3-8,11,16,24-25H,2,9-10H2,1H3,(H,20,22)/t16-/m1/s1. The van der Waals surface area contributed by atoms with Crippen LogP contribution in [0.2, 0.25) is 0 Å². The summed E-state index contributed by atoms with van der Waals surface area (Å²) in [6, 6.07) is 7.47. The molecule has 0 spiro atoms. The molecule has 0 aliphatic rings. The second-order valence-corrected chi connectivity index (χ2v) is 6.42. The minimum Gasteiger partial charge on any atom is -0.402 e. The molecule has 0 aliphatic carbocycles. The van der Waals surface area contributed by atoms with E-state index in [0.717, 1.165) is 10.5 Å². The number of amides is 2. The summed E-state index contributed by atoms with van der Waals surface area (Å²) in [5.74, 6) is -1.67. The van der Waals surface area contributed by atoms with Crippen molar-refractivity contribution in [2.45, 2.75) is 26.0 Å². The average molecular weight is 394 g/mol. The summed E-state index contributed by atoms with van der Waals surface area (Å²) in [4.78, 5) is 25.6. The first-order valence-electron chi connectivity index (χ1n) is 8.27. The Kier molecular flexibility index (Phi) is 7.92. The van der Waals surface area contributed by atoms with Crippen LogP contribution < -0.4 is 10.2 Å². The lowest BCUT2D eigenvalue weighted by molar-refractivity contribution is -0.125. The maximum Gasteiger partial charge on any atom is 0.635 e. The summed E-state index contributed by atoms with van der Waals surface area (Å²) in [5.41, 5.74) is 0.832. The number of carbonyl (C=O) groups is 2. The van der Waals surface area contributed by atoms with Crippen LogP contribution >= 0.6 is 11.3 Å². The van der Waals surface area contributed by atoms with Gasteiger partial charge in [0.25, 0.3) is 0 Å². The number of carbonyl (C=O) groups excluding carboxylic acids is 2. The molecule has 2 aromatic rings. The quantitative estimate of drug-likeness (QED) is 0.440. The molecule has 27 heavy (non-hydrogen) atoms. The van der Waals surface area contributed by atoms with Gasteiger partial charge in [-0.2, -0.15) is 11.3 Å². The molecule has 0 aliphatic heterocycles. The number of hydrogen-bond acceptors (Lipinski definition) is 6. The van der Waals surface area contributed by atoms with Crippen molar-refractivity contribution in [2.75, 3.05) is 11.4 Å². The van der Waals surface area contributed by atoms with Gasteiger partial charge in [0.2, 0.25) is 11.8 Å². The van der Waals surface area contributed by atoms with E-state index >= 15 is 0 Å². The van der Waals surface area contributed by atoms with Crippen molar-refractivity contribution in [3.63, 3.8) is 0 Å². The number of nitrogens with zero attached hydrogens (tertiary/aromatic N) is 1. The Balaban J connectivity index is 2.10. The SMILES string of the molecule is CCC(=O)N(CC(=O)N[C@@H](Cc1ccsc1)OB(O)O)c1ccccc1F. The molecule has 0 unspecified atom stereocenters. The highest BCUT2D eigenvalue weighted by atomic mass is 32.1. The maximum absolute atomic E-state index is 14.1. The summed E-state index contributed by atoms with van der Waals surface area (Å²) in [5, 5.41) is 24.3. The molecule has 0 saturated carbocycles. The van der Waals surface area contributed by atoms with Crippen molar-refractivity contribution in [3.8, 4) is 0 Å². The van der Waals surface area contributed by atoms with E-state index in [-0.39, 0.29) is 18.5 Å². The molecule has 3 N–H and O–H groups in total. The minimum atomic E-state index is -2.08. The molecule has 1 atom stereocenters. The van der Waals surface area contributed by atoms with Crippen LogP contribution in [0.4, 0.5) is 10.1 Å². The number of nitrogens with one attached hydrogen (secondary N) is 1. The van der Waals surface area contributed by atoms with Crippen molar-refractivity contribution in [1.29, 1.82) is 0 Å². The van der Waals surface area contributed by atoms with Gasteiger partial charge in [-0.05, 0) is 34.5 Å². The highest BCUT2D eigenvalue weighted by molar-refractivity contribution is 7.07. The summed E-state index contributed by atoms with van der Waals surface area (Å²) < 4.78 is 19.0. The summed E-state index contributed by atoms with van der Waals surface area (Å²) >= 11 is 1.45. The van der Waals surface area contributed by atoms with E-state index < -0.39 is 37.7 Å². The van der Waals surface area contributed by atoms with Crippen LogP contribution in [-0.2, 0) is 20.7 Å². The minimum absolute atomic E-state index is 0.00278. The lowest BCUT2D eigenvalue weighted by atomic mass is 10.2. The van der Waals surface area contributed by atoms with Crippen LogP contribution in [0.5, 0.6) is 0 Å². The Labute approximate surface area is 160 Å². The predicted molar refractivity (Wildman–Crippen MR) is 100 cm³/mol. The maximum atomic E-state index is 14.1. The normalized spacial score (nSPS) is 11.7. The van der Waals surface area contributed by atoms with Gasteiger partial charge in [-0.3, -0.25) is 9.59 Å². The largest absolute Gasteiger partial charge is 0.635 e. The highest BCUT2D eigenvalue weighted by Crippen LogP contribution is 2.19. The van der Waals surface area contributed by atoms with Crippen LogP contribution in [0.3, 0.4) is 0 Å². The van der Waals surface area contributed by atoms with E-state index in [1.807, 2.05) is 16.8 Å². The lowest BCUT2D eigenvalue weighted by Crippen LogP contribution is -2.47. The first-order valence-corrected chi connectivity index (χ1v) is 9.22. The molecule has 1 aromatic heterocycles. The second-order valence-electron chi connectivity index (χ2n) is 5.64. The van der Waals surface area contributed by atoms with E-state index in [9.17, 15) is 14.0 Å². The molecular weight excluding hydrogens is 374 g/mol. The summed E-state index contributed by atoms with van der Waals surface area (Å²) in [6.07, 6.45) is -0.730. The molecule has 2 amide bonds. The van der Waals surface area contributed by atoms with E-state index in [2.05, 4.69) is 5.32 Å². The molecule has 1 heterocycles. The fourth-order valence-electron chi connectivity index (χ4n) is 2.44. The summed E-state index contributed by atoms with van der Waals surface area (Å²) in [7, 11) is -2.08. The zero-order valence-corrected chi connectivity index (χ0v) is 15.5. The van der Waals surface area contributed by atoms with Gasteiger partial charge in [-0.15, -0.1) is 0 Å². The Morgan fingerprint density at radius 2 is 2.07 bits per heavy atom. The van der Waals surface area contributed by atoms with E-state index in [1.54, 1.807) is 13.0 Å². The highest BCUT2D eigenvalue weighted by Gasteiger charge is 2.24. The number of thiophene rings is 1.